The second-order valence-electron chi connectivity index (χ2n) is 7.67. The molecule has 0 saturated carbocycles. The van der Waals surface area contributed by atoms with Crippen molar-refractivity contribution in [1.82, 2.24) is 20.2 Å². The van der Waals surface area contributed by atoms with Crippen LogP contribution in [0.15, 0.2) is 66.2 Å². The second-order valence-corrected chi connectivity index (χ2v) is 7.67. The van der Waals surface area contributed by atoms with E-state index in [1.807, 2.05) is 47.4 Å². The molecule has 1 aromatic heterocycles. The summed E-state index contributed by atoms with van der Waals surface area (Å²) < 4.78 is 12.9. The highest BCUT2D eigenvalue weighted by Crippen LogP contribution is 2.30. The monoisotopic (exact) mass is 562 g/mol. The summed E-state index contributed by atoms with van der Waals surface area (Å²) in [6.45, 7) is 2.49. The molecule has 0 bridgehead atoms. The van der Waals surface area contributed by atoms with Crippen LogP contribution in [-0.4, -0.2) is 55.9 Å². The number of aliphatic imine (C=N–C) groups is 1. The Hall–Kier alpha value is -2.95. The molecule has 176 valence electrons. The average molecular weight is 562 g/mol. The van der Waals surface area contributed by atoms with E-state index >= 15 is 0 Å². The standard InChI is InChI=1S/C24H30N6O2.HI/c1-25-24(27-15-18-6-4-5-7-23(18)30-11-9-26-17-30)28-19-8-10-29(16-19)20-12-21(31-2)14-22(13-20)32-3;/h4-7,9,11-14,17,19H,8,10,15-16H2,1-3H3,(H2,25,27,28);1H. The number of aromatic nitrogens is 2. The molecule has 33 heavy (non-hydrogen) atoms. The fourth-order valence-corrected chi connectivity index (χ4v) is 3.97. The van der Waals surface area contributed by atoms with Crippen LogP contribution in [0.4, 0.5) is 5.69 Å². The molecule has 1 atom stereocenters. The van der Waals surface area contributed by atoms with Gasteiger partial charge in [0.05, 0.1) is 26.2 Å². The number of halogens is 1. The third-order valence-corrected chi connectivity index (χ3v) is 5.67. The van der Waals surface area contributed by atoms with Gasteiger partial charge in [-0.1, -0.05) is 18.2 Å². The minimum atomic E-state index is 0. The van der Waals surface area contributed by atoms with Crippen molar-refractivity contribution >= 4 is 35.6 Å². The number of guanidine groups is 1. The lowest BCUT2D eigenvalue weighted by Crippen LogP contribution is -2.44. The van der Waals surface area contributed by atoms with Crippen LogP contribution in [-0.2, 0) is 6.54 Å². The molecule has 1 saturated heterocycles. The van der Waals surface area contributed by atoms with Gasteiger partial charge in [-0.15, -0.1) is 24.0 Å². The van der Waals surface area contributed by atoms with E-state index in [4.69, 9.17) is 9.47 Å². The molecule has 1 aliphatic heterocycles. The zero-order valence-electron chi connectivity index (χ0n) is 19.2. The lowest BCUT2D eigenvalue weighted by Gasteiger charge is -2.22. The van der Waals surface area contributed by atoms with Crippen molar-refractivity contribution in [2.45, 2.75) is 19.0 Å². The Labute approximate surface area is 212 Å². The summed E-state index contributed by atoms with van der Waals surface area (Å²) in [6.07, 6.45) is 6.57. The smallest absolute Gasteiger partial charge is 0.191 e. The zero-order chi connectivity index (χ0) is 22.3. The first-order valence-electron chi connectivity index (χ1n) is 10.7. The van der Waals surface area contributed by atoms with E-state index in [-0.39, 0.29) is 24.0 Å². The molecule has 9 heteroatoms. The number of para-hydroxylation sites is 1. The average Bonchev–Trinajstić information content (AvgIpc) is 3.54. The molecular formula is C24H31IN6O2. The van der Waals surface area contributed by atoms with Gasteiger partial charge in [-0.3, -0.25) is 4.99 Å². The van der Waals surface area contributed by atoms with Crippen LogP contribution in [0.5, 0.6) is 11.5 Å². The molecule has 1 aliphatic rings. The van der Waals surface area contributed by atoms with Crippen LogP contribution in [0.25, 0.3) is 5.69 Å². The third kappa shape index (κ3) is 6.10. The number of imidazole rings is 1. The quantitative estimate of drug-likeness (QED) is 0.261. The summed E-state index contributed by atoms with van der Waals surface area (Å²) in [5, 5.41) is 7.02. The molecule has 4 rings (SSSR count). The first-order chi connectivity index (χ1) is 15.7. The van der Waals surface area contributed by atoms with E-state index in [0.29, 0.717) is 12.6 Å². The second kappa shape index (κ2) is 11.8. The predicted molar refractivity (Wildman–Crippen MR) is 142 cm³/mol. The first-order valence-corrected chi connectivity index (χ1v) is 10.7. The van der Waals surface area contributed by atoms with Gasteiger partial charge in [0.2, 0.25) is 0 Å². The molecule has 8 nitrogen and oxygen atoms in total. The highest BCUT2D eigenvalue weighted by Gasteiger charge is 2.24. The van der Waals surface area contributed by atoms with Crippen LogP contribution < -0.4 is 25.0 Å². The van der Waals surface area contributed by atoms with Crippen molar-refractivity contribution in [3.8, 4) is 17.2 Å². The molecule has 0 aliphatic carbocycles. The summed E-state index contributed by atoms with van der Waals surface area (Å²) in [4.78, 5) is 10.9. The Morgan fingerprint density at radius 1 is 1.15 bits per heavy atom. The molecule has 2 heterocycles. The number of benzene rings is 2. The number of hydrogen-bond donors (Lipinski definition) is 2. The van der Waals surface area contributed by atoms with Crippen LogP contribution in [0, 0.1) is 0 Å². The molecule has 3 aromatic rings. The summed E-state index contributed by atoms with van der Waals surface area (Å²) in [6, 6.07) is 14.6. The van der Waals surface area contributed by atoms with Crippen LogP contribution >= 0.6 is 24.0 Å². The van der Waals surface area contributed by atoms with Gasteiger partial charge in [0.1, 0.15) is 11.5 Å². The number of ether oxygens (including phenoxy) is 2. The van der Waals surface area contributed by atoms with Gasteiger partial charge < -0.3 is 29.6 Å². The van der Waals surface area contributed by atoms with E-state index in [2.05, 4.69) is 37.6 Å². The molecule has 0 amide bonds. The molecule has 2 aromatic carbocycles. The Bertz CT molecular complexity index is 1030. The zero-order valence-corrected chi connectivity index (χ0v) is 21.5. The van der Waals surface area contributed by atoms with Crippen molar-refractivity contribution in [3.05, 3.63) is 66.7 Å². The third-order valence-electron chi connectivity index (χ3n) is 5.67. The number of hydrogen-bond acceptors (Lipinski definition) is 5. The fraction of sp³-hybridized carbons (Fsp3) is 0.333. The topological polar surface area (TPSA) is 75.9 Å². The Kier molecular flexibility index (Phi) is 8.81. The Balaban J connectivity index is 0.00000306. The maximum atomic E-state index is 5.42. The van der Waals surface area contributed by atoms with Crippen molar-refractivity contribution in [1.29, 1.82) is 0 Å². The van der Waals surface area contributed by atoms with Crippen molar-refractivity contribution < 1.29 is 9.47 Å². The van der Waals surface area contributed by atoms with Gasteiger partial charge in [0.25, 0.3) is 0 Å². The Morgan fingerprint density at radius 2 is 1.91 bits per heavy atom. The predicted octanol–water partition coefficient (Wildman–Crippen LogP) is 3.45. The van der Waals surface area contributed by atoms with Crippen LogP contribution in [0.2, 0.25) is 0 Å². The van der Waals surface area contributed by atoms with Crippen molar-refractivity contribution in [3.63, 3.8) is 0 Å². The highest BCUT2D eigenvalue weighted by atomic mass is 127. The largest absolute Gasteiger partial charge is 0.497 e. The minimum absolute atomic E-state index is 0. The highest BCUT2D eigenvalue weighted by molar-refractivity contribution is 14.0. The van der Waals surface area contributed by atoms with Crippen molar-refractivity contribution in [2.75, 3.05) is 39.3 Å². The molecular weight excluding hydrogens is 531 g/mol. The van der Waals surface area contributed by atoms with E-state index in [1.165, 1.54) is 5.56 Å². The van der Waals surface area contributed by atoms with Gasteiger partial charge in [0.15, 0.2) is 5.96 Å². The van der Waals surface area contributed by atoms with Gasteiger partial charge in [-0.05, 0) is 18.1 Å². The molecule has 0 radical (unpaired) electrons. The lowest BCUT2D eigenvalue weighted by molar-refractivity contribution is 0.394. The molecule has 1 fully saturated rings. The number of nitrogens with zero attached hydrogens (tertiary/aromatic N) is 4. The SMILES string of the molecule is CN=C(NCc1ccccc1-n1ccnc1)NC1CCN(c2cc(OC)cc(OC)c2)C1.I. The summed E-state index contributed by atoms with van der Waals surface area (Å²) >= 11 is 0. The number of anilines is 1. The first kappa shape index (κ1) is 24.7. The number of nitrogens with one attached hydrogen (secondary N) is 2. The van der Waals surface area contributed by atoms with Gasteiger partial charge in [-0.25, -0.2) is 4.98 Å². The summed E-state index contributed by atoms with van der Waals surface area (Å²) in [5.74, 6) is 2.38. The maximum absolute atomic E-state index is 5.42. The summed E-state index contributed by atoms with van der Waals surface area (Å²) in [5.41, 5.74) is 3.37. The molecule has 1 unspecified atom stereocenters. The number of rotatable bonds is 7. The lowest BCUT2D eigenvalue weighted by atomic mass is 10.1. The molecule has 2 N–H and O–H groups in total. The minimum Gasteiger partial charge on any atom is -0.497 e. The Morgan fingerprint density at radius 3 is 2.58 bits per heavy atom. The van der Waals surface area contributed by atoms with E-state index in [9.17, 15) is 0 Å². The normalized spacial score (nSPS) is 15.7. The maximum Gasteiger partial charge on any atom is 0.191 e. The molecule has 0 spiro atoms. The van der Waals surface area contributed by atoms with Gasteiger partial charge in [0, 0.05) is 69.0 Å². The van der Waals surface area contributed by atoms with Crippen LogP contribution in [0.1, 0.15) is 12.0 Å². The van der Waals surface area contributed by atoms with E-state index < -0.39 is 0 Å². The van der Waals surface area contributed by atoms with Crippen molar-refractivity contribution in [2.24, 2.45) is 4.99 Å². The number of methoxy groups -OCH3 is 2. The van der Waals surface area contributed by atoms with E-state index in [0.717, 1.165) is 48.3 Å². The fourth-order valence-electron chi connectivity index (χ4n) is 3.97. The van der Waals surface area contributed by atoms with Gasteiger partial charge in [-0.2, -0.15) is 0 Å². The summed E-state index contributed by atoms with van der Waals surface area (Å²) in [7, 11) is 5.15. The van der Waals surface area contributed by atoms with E-state index in [1.54, 1.807) is 27.5 Å². The van der Waals surface area contributed by atoms with Gasteiger partial charge >= 0.3 is 0 Å². The van der Waals surface area contributed by atoms with Crippen LogP contribution in [0.3, 0.4) is 0 Å².